The van der Waals surface area contributed by atoms with E-state index in [1.807, 2.05) is 6.07 Å². The minimum absolute atomic E-state index is 0.00847. The summed E-state index contributed by atoms with van der Waals surface area (Å²) in [6.45, 7) is 0.229. The number of aromatic nitrogens is 1. The SMILES string of the molecule is N#Cc1cccnc1NCCOc1ccccc1C(F)(F)F. The molecule has 2 aromatic rings. The van der Waals surface area contributed by atoms with Crippen LogP contribution in [-0.2, 0) is 6.18 Å². The fourth-order valence-electron chi connectivity index (χ4n) is 1.79. The zero-order chi connectivity index (χ0) is 16.0. The van der Waals surface area contributed by atoms with Crippen LogP contribution in [0.5, 0.6) is 5.75 Å². The molecule has 0 saturated carbocycles. The Morgan fingerprint density at radius 1 is 1.18 bits per heavy atom. The van der Waals surface area contributed by atoms with Crippen LogP contribution in [0.3, 0.4) is 0 Å². The molecule has 0 aliphatic heterocycles. The van der Waals surface area contributed by atoms with Crippen molar-refractivity contribution in [2.45, 2.75) is 6.18 Å². The van der Waals surface area contributed by atoms with E-state index in [9.17, 15) is 13.2 Å². The Kier molecular flexibility index (Phi) is 4.84. The number of pyridine rings is 1. The van der Waals surface area contributed by atoms with Crippen molar-refractivity contribution in [3.63, 3.8) is 0 Å². The third-order valence-electron chi connectivity index (χ3n) is 2.77. The van der Waals surface area contributed by atoms with Crippen LogP contribution in [0.15, 0.2) is 42.6 Å². The van der Waals surface area contributed by atoms with Crippen molar-refractivity contribution < 1.29 is 17.9 Å². The molecule has 2 rings (SSSR count). The van der Waals surface area contributed by atoms with Crippen molar-refractivity contribution in [1.82, 2.24) is 4.98 Å². The highest BCUT2D eigenvalue weighted by Gasteiger charge is 2.33. The monoisotopic (exact) mass is 307 g/mol. The van der Waals surface area contributed by atoms with Crippen LogP contribution in [-0.4, -0.2) is 18.1 Å². The second-order valence-corrected chi connectivity index (χ2v) is 4.28. The Labute approximate surface area is 125 Å². The average Bonchev–Trinajstić information content (AvgIpc) is 2.51. The van der Waals surface area contributed by atoms with Gasteiger partial charge in [0.25, 0.3) is 0 Å². The number of hydrogen-bond acceptors (Lipinski definition) is 4. The Hall–Kier alpha value is -2.75. The molecule has 0 spiro atoms. The number of nitrogens with zero attached hydrogens (tertiary/aromatic N) is 2. The molecule has 0 radical (unpaired) electrons. The Bertz CT molecular complexity index is 680. The third-order valence-corrected chi connectivity index (χ3v) is 2.77. The molecule has 0 fully saturated rings. The van der Waals surface area contributed by atoms with Crippen LogP contribution >= 0.6 is 0 Å². The standard InChI is InChI=1S/C15H12F3N3O/c16-15(17,18)12-5-1-2-6-13(12)22-9-8-21-14-11(10-19)4-3-7-20-14/h1-7H,8-9H2,(H,20,21). The highest BCUT2D eigenvalue weighted by Crippen LogP contribution is 2.35. The topological polar surface area (TPSA) is 57.9 Å². The maximum absolute atomic E-state index is 12.8. The summed E-state index contributed by atoms with van der Waals surface area (Å²) in [7, 11) is 0. The summed E-state index contributed by atoms with van der Waals surface area (Å²) in [6.07, 6.45) is -2.94. The van der Waals surface area contributed by atoms with E-state index < -0.39 is 11.7 Å². The molecule has 4 nitrogen and oxygen atoms in total. The first kappa shape index (κ1) is 15.6. The highest BCUT2D eigenvalue weighted by atomic mass is 19.4. The summed E-state index contributed by atoms with van der Waals surface area (Å²) in [4.78, 5) is 3.98. The smallest absolute Gasteiger partial charge is 0.419 e. The largest absolute Gasteiger partial charge is 0.491 e. The molecule has 0 atom stereocenters. The number of halogens is 3. The van der Waals surface area contributed by atoms with Gasteiger partial charge in [-0.2, -0.15) is 18.4 Å². The van der Waals surface area contributed by atoms with Crippen LogP contribution in [0.1, 0.15) is 11.1 Å². The van der Waals surface area contributed by atoms with E-state index in [0.717, 1.165) is 6.07 Å². The van der Waals surface area contributed by atoms with Crippen LogP contribution in [0.4, 0.5) is 19.0 Å². The number of rotatable bonds is 5. The molecule has 1 aromatic carbocycles. The Morgan fingerprint density at radius 3 is 2.68 bits per heavy atom. The molecular formula is C15H12F3N3O. The second-order valence-electron chi connectivity index (χ2n) is 4.28. The fraction of sp³-hybridized carbons (Fsp3) is 0.200. The van der Waals surface area contributed by atoms with Gasteiger partial charge in [0.05, 0.1) is 17.7 Å². The van der Waals surface area contributed by atoms with E-state index in [0.29, 0.717) is 11.4 Å². The zero-order valence-corrected chi connectivity index (χ0v) is 11.4. The number of anilines is 1. The quantitative estimate of drug-likeness (QED) is 0.859. The van der Waals surface area contributed by atoms with E-state index in [2.05, 4.69) is 10.3 Å². The number of nitrogens with one attached hydrogen (secondary N) is 1. The van der Waals surface area contributed by atoms with E-state index >= 15 is 0 Å². The zero-order valence-electron chi connectivity index (χ0n) is 11.4. The van der Waals surface area contributed by atoms with Crippen LogP contribution in [0, 0.1) is 11.3 Å². The number of para-hydroxylation sites is 1. The number of ether oxygens (including phenoxy) is 1. The van der Waals surface area contributed by atoms with Crippen molar-refractivity contribution >= 4 is 5.82 Å². The lowest BCUT2D eigenvalue weighted by molar-refractivity contribution is -0.138. The van der Waals surface area contributed by atoms with Gasteiger partial charge in [-0.15, -0.1) is 0 Å². The van der Waals surface area contributed by atoms with Gasteiger partial charge in [-0.3, -0.25) is 0 Å². The van der Waals surface area contributed by atoms with Crippen molar-refractivity contribution in [2.24, 2.45) is 0 Å². The molecule has 0 amide bonds. The Morgan fingerprint density at radius 2 is 1.95 bits per heavy atom. The first-order valence-electron chi connectivity index (χ1n) is 6.40. The van der Waals surface area contributed by atoms with Gasteiger partial charge in [0.1, 0.15) is 24.2 Å². The summed E-state index contributed by atoms with van der Waals surface area (Å²) in [5.41, 5.74) is -0.455. The molecule has 0 bridgehead atoms. The molecular weight excluding hydrogens is 295 g/mol. The molecule has 0 aliphatic carbocycles. The van der Waals surface area contributed by atoms with Crippen molar-refractivity contribution in [1.29, 1.82) is 5.26 Å². The Balaban J connectivity index is 1.94. The third kappa shape index (κ3) is 3.88. The lowest BCUT2D eigenvalue weighted by atomic mass is 10.2. The lowest BCUT2D eigenvalue weighted by Crippen LogP contribution is -2.15. The summed E-state index contributed by atoms with van der Waals surface area (Å²) in [5, 5.41) is 11.7. The first-order valence-corrected chi connectivity index (χ1v) is 6.40. The fourth-order valence-corrected chi connectivity index (χ4v) is 1.79. The van der Waals surface area contributed by atoms with Gasteiger partial charge in [-0.1, -0.05) is 12.1 Å². The average molecular weight is 307 g/mol. The molecule has 22 heavy (non-hydrogen) atoms. The number of nitriles is 1. The van der Waals surface area contributed by atoms with Gasteiger partial charge in [0.2, 0.25) is 0 Å². The minimum atomic E-state index is -4.46. The molecule has 1 aromatic heterocycles. The normalized spacial score (nSPS) is 10.8. The molecule has 0 saturated heterocycles. The lowest BCUT2D eigenvalue weighted by Gasteiger charge is -2.14. The van der Waals surface area contributed by atoms with Crippen molar-refractivity contribution in [3.05, 3.63) is 53.7 Å². The van der Waals surface area contributed by atoms with Crippen LogP contribution < -0.4 is 10.1 Å². The van der Waals surface area contributed by atoms with E-state index in [1.54, 1.807) is 12.1 Å². The number of alkyl halides is 3. The molecule has 1 N–H and O–H groups in total. The van der Waals surface area contributed by atoms with Gasteiger partial charge in [0, 0.05) is 6.20 Å². The maximum Gasteiger partial charge on any atom is 0.419 e. The molecule has 0 aliphatic rings. The van der Waals surface area contributed by atoms with E-state index in [-0.39, 0.29) is 18.9 Å². The van der Waals surface area contributed by atoms with Gasteiger partial charge in [-0.25, -0.2) is 4.98 Å². The van der Waals surface area contributed by atoms with Crippen molar-refractivity contribution in [3.8, 4) is 11.8 Å². The van der Waals surface area contributed by atoms with Gasteiger partial charge < -0.3 is 10.1 Å². The highest BCUT2D eigenvalue weighted by molar-refractivity contribution is 5.51. The van der Waals surface area contributed by atoms with Crippen molar-refractivity contribution in [2.75, 3.05) is 18.5 Å². The molecule has 1 heterocycles. The summed E-state index contributed by atoms with van der Waals surface area (Å²) < 4.78 is 43.5. The second kappa shape index (κ2) is 6.80. The maximum atomic E-state index is 12.8. The number of benzene rings is 1. The van der Waals surface area contributed by atoms with Gasteiger partial charge in [-0.05, 0) is 24.3 Å². The predicted octanol–water partition coefficient (Wildman–Crippen LogP) is 3.46. The minimum Gasteiger partial charge on any atom is -0.491 e. The van der Waals surface area contributed by atoms with Crippen LogP contribution in [0.2, 0.25) is 0 Å². The summed E-state index contributed by atoms with van der Waals surface area (Å²) in [5.74, 6) is 0.149. The molecule has 0 unspecified atom stereocenters. The van der Waals surface area contributed by atoms with Gasteiger partial charge in [0.15, 0.2) is 0 Å². The number of hydrogen-bond donors (Lipinski definition) is 1. The summed E-state index contributed by atoms with van der Waals surface area (Å²) in [6, 6.07) is 10.2. The van der Waals surface area contributed by atoms with Gasteiger partial charge >= 0.3 is 6.18 Å². The molecule has 7 heteroatoms. The summed E-state index contributed by atoms with van der Waals surface area (Å²) >= 11 is 0. The molecule has 114 valence electrons. The predicted molar refractivity (Wildman–Crippen MR) is 74.4 cm³/mol. The first-order chi connectivity index (χ1) is 10.5. The van der Waals surface area contributed by atoms with E-state index in [4.69, 9.17) is 10.00 Å². The van der Waals surface area contributed by atoms with E-state index in [1.165, 1.54) is 24.4 Å². The van der Waals surface area contributed by atoms with Crippen LogP contribution in [0.25, 0.3) is 0 Å².